The van der Waals surface area contributed by atoms with Crippen LogP contribution in [0.15, 0.2) is 6.33 Å². The lowest BCUT2D eigenvalue weighted by Crippen LogP contribution is -2.33. The van der Waals surface area contributed by atoms with Crippen molar-refractivity contribution in [2.24, 2.45) is 0 Å². The first-order valence-electron chi connectivity index (χ1n) is 6.40. The zero-order valence-corrected chi connectivity index (χ0v) is 11.6. The van der Waals surface area contributed by atoms with Crippen molar-refractivity contribution >= 4 is 11.6 Å². The molecule has 0 aliphatic rings. The second-order valence-corrected chi connectivity index (χ2v) is 4.62. The summed E-state index contributed by atoms with van der Waals surface area (Å²) in [6, 6.07) is 0. The maximum Gasteiger partial charge on any atom is 0.134 e. The van der Waals surface area contributed by atoms with E-state index in [-0.39, 0.29) is 5.54 Å². The van der Waals surface area contributed by atoms with Gasteiger partial charge in [-0.25, -0.2) is 9.97 Å². The van der Waals surface area contributed by atoms with E-state index in [2.05, 4.69) is 48.3 Å². The molecule has 1 rings (SSSR count). The molecule has 1 heterocycles. The molecule has 0 saturated heterocycles. The number of anilines is 2. The lowest BCUT2D eigenvalue weighted by molar-refractivity contribution is 0.476. The highest BCUT2D eigenvalue weighted by molar-refractivity contribution is 5.57. The van der Waals surface area contributed by atoms with Gasteiger partial charge < -0.3 is 10.6 Å². The van der Waals surface area contributed by atoms with Crippen LogP contribution in [-0.4, -0.2) is 22.1 Å². The van der Waals surface area contributed by atoms with E-state index in [4.69, 9.17) is 0 Å². The Bertz CT molecular complexity index is 358. The van der Waals surface area contributed by atoms with Crippen molar-refractivity contribution in [3.8, 4) is 0 Å². The molecule has 0 fully saturated rings. The molecule has 0 spiro atoms. The quantitative estimate of drug-likeness (QED) is 0.796. The number of hydrogen-bond acceptors (Lipinski definition) is 4. The summed E-state index contributed by atoms with van der Waals surface area (Å²) in [5, 5.41) is 6.78. The molecule has 0 unspecified atom stereocenters. The second kappa shape index (κ2) is 5.84. The van der Waals surface area contributed by atoms with E-state index in [9.17, 15) is 0 Å². The van der Waals surface area contributed by atoms with Crippen LogP contribution in [0.4, 0.5) is 11.6 Å². The molecule has 17 heavy (non-hydrogen) atoms. The van der Waals surface area contributed by atoms with Crippen molar-refractivity contribution in [2.75, 3.05) is 17.2 Å². The molecule has 2 N–H and O–H groups in total. The highest BCUT2D eigenvalue weighted by Gasteiger charge is 2.21. The molecule has 0 radical (unpaired) electrons. The first-order chi connectivity index (χ1) is 8.06. The molecule has 0 aliphatic heterocycles. The van der Waals surface area contributed by atoms with Crippen LogP contribution in [0.5, 0.6) is 0 Å². The minimum Gasteiger partial charge on any atom is -0.370 e. The summed E-state index contributed by atoms with van der Waals surface area (Å²) in [6.07, 6.45) is 3.76. The van der Waals surface area contributed by atoms with Crippen LogP contribution in [0.2, 0.25) is 0 Å². The van der Waals surface area contributed by atoms with Crippen LogP contribution in [-0.2, 0) is 0 Å². The van der Waals surface area contributed by atoms with Crippen molar-refractivity contribution < 1.29 is 0 Å². The maximum atomic E-state index is 4.34. The van der Waals surface area contributed by atoms with Crippen molar-refractivity contribution in [2.45, 2.75) is 53.0 Å². The minimum atomic E-state index is 0.0998. The predicted octanol–water partition coefficient (Wildman–Crippen LogP) is 3.21. The first kappa shape index (κ1) is 13.7. The van der Waals surface area contributed by atoms with Crippen molar-refractivity contribution in [3.63, 3.8) is 0 Å². The van der Waals surface area contributed by atoms with E-state index in [0.29, 0.717) is 0 Å². The van der Waals surface area contributed by atoms with Gasteiger partial charge in [-0.05, 0) is 33.6 Å². The summed E-state index contributed by atoms with van der Waals surface area (Å²) in [6.45, 7) is 11.6. The summed E-state index contributed by atoms with van der Waals surface area (Å²) in [7, 11) is 0. The van der Waals surface area contributed by atoms with Gasteiger partial charge in [0.25, 0.3) is 0 Å². The molecule has 0 bridgehead atoms. The van der Waals surface area contributed by atoms with Crippen molar-refractivity contribution in [1.82, 2.24) is 9.97 Å². The molecule has 96 valence electrons. The SMILES string of the molecule is CCNc1ncnc(NC(C)(CC)CC)c1C. The molecule has 4 nitrogen and oxygen atoms in total. The van der Waals surface area contributed by atoms with E-state index in [1.807, 2.05) is 6.92 Å². The fourth-order valence-electron chi connectivity index (χ4n) is 1.63. The molecule has 0 amide bonds. The predicted molar refractivity (Wildman–Crippen MR) is 73.5 cm³/mol. The number of nitrogens with zero attached hydrogens (tertiary/aromatic N) is 2. The van der Waals surface area contributed by atoms with Crippen LogP contribution >= 0.6 is 0 Å². The van der Waals surface area contributed by atoms with Gasteiger partial charge in [0.1, 0.15) is 18.0 Å². The van der Waals surface area contributed by atoms with Gasteiger partial charge in [0.15, 0.2) is 0 Å². The zero-order chi connectivity index (χ0) is 12.9. The zero-order valence-electron chi connectivity index (χ0n) is 11.6. The lowest BCUT2D eigenvalue weighted by Gasteiger charge is -2.29. The Kier molecular flexibility index (Phi) is 4.73. The minimum absolute atomic E-state index is 0.0998. The van der Waals surface area contributed by atoms with Gasteiger partial charge in [0, 0.05) is 17.6 Å². The third-order valence-corrected chi connectivity index (χ3v) is 3.41. The summed E-state index contributed by atoms with van der Waals surface area (Å²) >= 11 is 0. The smallest absolute Gasteiger partial charge is 0.134 e. The molecule has 1 aromatic heterocycles. The van der Waals surface area contributed by atoms with Gasteiger partial charge in [0.05, 0.1) is 0 Å². The molecular weight excluding hydrogens is 212 g/mol. The Morgan fingerprint density at radius 1 is 1.12 bits per heavy atom. The van der Waals surface area contributed by atoms with E-state index >= 15 is 0 Å². The van der Waals surface area contributed by atoms with E-state index in [1.54, 1.807) is 6.33 Å². The number of hydrogen-bond donors (Lipinski definition) is 2. The van der Waals surface area contributed by atoms with Gasteiger partial charge in [-0.15, -0.1) is 0 Å². The topological polar surface area (TPSA) is 49.8 Å². The van der Waals surface area contributed by atoms with Crippen LogP contribution < -0.4 is 10.6 Å². The molecule has 0 saturated carbocycles. The monoisotopic (exact) mass is 236 g/mol. The Morgan fingerprint density at radius 3 is 2.24 bits per heavy atom. The summed E-state index contributed by atoms with van der Waals surface area (Å²) in [4.78, 5) is 8.59. The van der Waals surface area contributed by atoms with Gasteiger partial charge in [-0.1, -0.05) is 13.8 Å². The average molecular weight is 236 g/mol. The molecule has 4 heteroatoms. The van der Waals surface area contributed by atoms with Gasteiger partial charge in [-0.2, -0.15) is 0 Å². The van der Waals surface area contributed by atoms with Crippen molar-refractivity contribution in [3.05, 3.63) is 11.9 Å². The van der Waals surface area contributed by atoms with Gasteiger partial charge >= 0.3 is 0 Å². The Balaban J connectivity index is 2.95. The lowest BCUT2D eigenvalue weighted by atomic mass is 9.95. The second-order valence-electron chi connectivity index (χ2n) is 4.62. The third kappa shape index (κ3) is 3.32. The van der Waals surface area contributed by atoms with Crippen LogP contribution in [0.25, 0.3) is 0 Å². The average Bonchev–Trinajstić information content (AvgIpc) is 2.34. The van der Waals surface area contributed by atoms with Gasteiger partial charge in [0.2, 0.25) is 0 Å². The highest BCUT2D eigenvalue weighted by Crippen LogP contribution is 2.25. The molecule has 1 aromatic rings. The van der Waals surface area contributed by atoms with E-state index < -0.39 is 0 Å². The summed E-state index contributed by atoms with van der Waals surface area (Å²) in [5.41, 5.74) is 1.19. The number of rotatable bonds is 6. The summed E-state index contributed by atoms with van der Waals surface area (Å²) in [5.74, 6) is 1.85. The Morgan fingerprint density at radius 2 is 1.71 bits per heavy atom. The fraction of sp³-hybridized carbons (Fsp3) is 0.692. The van der Waals surface area contributed by atoms with E-state index in [1.165, 1.54) is 0 Å². The normalized spacial score (nSPS) is 11.4. The molecule has 0 aromatic carbocycles. The fourth-order valence-corrected chi connectivity index (χ4v) is 1.63. The summed E-state index contributed by atoms with van der Waals surface area (Å²) < 4.78 is 0. The number of aromatic nitrogens is 2. The largest absolute Gasteiger partial charge is 0.370 e. The van der Waals surface area contributed by atoms with Crippen LogP contribution in [0.1, 0.15) is 46.1 Å². The van der Waals surface area contributed by atoms with Crippen LogP contribution in [0, 0.1) is 6.92 Å². The number of nitrogens with one attached hydrogen (secondary N) is 2. The van der Waals surface area contributed by atoms with Crippen molar-refractivity contribution in [1.29, 1.82) is 0 Å². The third-order valence-electron chi connectivity index (χ3n) is 3.41. The molecular formula is C13H24N4. The standard InChI is InChI=1S/C13H24N4/c1-6-13(5,7-2)17-12-10(4)11(14-8-3)15-9-16-12/h9H,6-8H2,1-5H3,(H2,14,15,16,17). The van der Waals surface area contributed by atoms with Gasteiger partial charge in [-0.3, -0.25) is 0 Å². The van der Waals surface area contributed by atoms with Crippen LogP contribution in [0.3, 0.4) is 0 Å². The molecule has 0 atom stereocenters. The molecule has 0 aliphatic carbocycles. The Labute approximate surface area is 104 Å². The highest BCUT2D eigenvalue weighted by atomic mass is 15.1. The maximum absolute atomic E-state index is 4.34. The first-order valence-corrected chi connectivity index (χ1v) is 6.40. The van der Waals surface area contributed by atoms with E-state index in [0.717, 1.165) is 36.6 Å². The Hall–Kier alpha value is -1.32.